The molecule has 0 amide bonds. The monoisotopic (exact) mass is 168 g/mol. The lowest BCUT2D eigenvalue weighted by Crippen LogP contribution is -2.46. The predicted octanol–water partition coefficient (Wildman–Crippen LogP) is 0.921. The molecule has 0 aliphatic carbocycles. The molecular formula is C9H16N2O. The molecule has 12 heavy (non-hydrogen) atoms. The highest BCUT2D eigenvalue weighted by Crippen LogP contribution is 2.07. The topological polar surface area (TPSA) is 24.8 Å². The van der Waals surface area contributed by atoms with Crippen LogP contribution in [0, 0.1) is 0 Å². The molecule has 1 aliphatic rings. The fourth-order valence-electron chi connectivity index (χ4n) is 1.40. The van der Waals surface area contributed by atoms with Gasteiger partial charge in [0.2, 0.25) is 0 Å². The van der Waals surface area contributed by atoms with Gasteiger partial charge in [0.1, 0.15) is 5.84 Å². The smallest absolute Gasteiger partial charge is 0.122 e. The van der Waals surface area contributed by atoms with E-state index in [4.69, 9.17) is 4.74 Å². The van der Waals surface area contributed by atoms with Crippen LogP contribution in [0.3, 0.4) is 0 Å². The zero-order valence-electron chi connectivity index (χ0n) is 7.79. The summed E-state index contributed by atoms with van der Waals surface area (Å²) in [6, 6.07) is 0.412. The van der Waals surface area contributed by atoms with Gasteiger partial charge in [-0.3, -0.25) is 4.99 Å². The molecule has 3 heteroatoms. The molecule has 0 aromatic heterocycles. The van der Waals surface area contributed by atoms with E-state index in [-0.39, 0.29) is 0 Å². The van der Waals surface area contributed by atoms with Gasteiger partial charge >= 0.3 is 0 Å². The Morgan fingerprint density at radius 1 is 1.75 bits per heavy atom. The zero-order valence-corrected chi connectivity index (χ0v) is 7.79. The lowest BCUT2D eigenvalue weighted by Gasteiger charge is -2.34. The van der Waals surface area contributed by atoms with Crippen molar-refractivity contribution in [3.8, 4) is 0 Å². The Kier molecular flexibility index (Phi) is 3.29. The summed E-state index contributed by atoms with van der Waals surface area (Å²) in [5.74, 6) is 0.964. The Labute approximate surface area is 73.7 Å². The van der Waals surface area contributed by atoms with Crippen molar-refractivity contribution < 1.29 is 4.74 Å². The van der Waals surface area contributed by atoms with Gasteiger partial charge in [-0.25, -0.2) is 0 Å². The van der Waals surface area contributed by atoms with Gasteiger partial charge in [0.15, 0.2) is 0 Å². The third-order valence-electron chi connectivity index (χ3n) is 2.07. The first-order valence-corrected chi connectivity index (χ1v) is 4.23. The quantitative estimate of drug-likeness (QED) is 0.429. The van der Waals surface area contributed by atoms with Crippen LogP contribution in [0.5, 0.6) is 0 Å². The summed E-state index contributed by atoms with van der Waals surface area (Å²) in [7, 11) is 1.79. The maximum absolute atomic E-state index is 5.32. The van der Waals surface area contributed by atoms with E-state index >= 15 is 0 Å². The van der Waals surface area contributed by atoms with Crippen LogP contribution in [0.15, 0.2) is 17.6 Å². The van der Waals surface area contributed by atoms with Crippen molar-refractivity contribution in [1.82, 2.24) is 4.90 Å². The van der Waals surface area contributed by atoms with Crippen molar-refractivity contribution in [3.63, 3.8) is 0 Å². The van der Waals surface area contributed by atoms with Gasteiger partial charge < -0.3 is 9.64 Å². The second-order valence-corrected chi connectivity index (χ2v) is 2.90. The van der Waals surface area contributed by atoms with E-state index in [0.717, 1.165) is 25.6 Å². The molecule has 0 spiro atoms. The van der Waals surface area contributed by atoms with Crippen LogP contribution in [0.4, 0.5) is 0 Å². The second-order valence-electron chi connectivity index (χ2n) is 2.90. The summed E-state index contributed by atoms with van der Waals surface area (Å²) in [5, 5.41) is 0. The number of rotatable bonds is 1. The molecule has 1 fully saturated rings. The molecule has 1 rings (SSSR count). The summed E-state index contributed by atoms with van der Waals surface area (Å²) in [5.41, 5.74) is 0. The van der Waals surface area contributed by atoms with Crippen LogP contribution in [0.1, 0.15) is 6.92 Å². The molecule has 0 unspecified atom stereocenters. The zero-order chi connectivity index (χ0) is 8.97. The van der Waals surface area contributed by atoms with E-state index < -0.39 is 0 Å². The average Bonchev–Trinajstić information content (AvgIpc) is 2.10. The minimum atomic E-state index is 0.412. The summed E-state index contributed by atoms with van der Waals surface area (Å²) >= 11 is 0. The minimum Gasteiger partial charge on any atom is -0.377 e. The van der Waals surface area contributed by atoms with Gasteiger partial charge in [0.25, 0.3) is 0 Å². The number of aliphatic imine (C=N–C) groups is 1. The summed E-state index contributed by atoms with van der Waals surface area (Å²) in [4.78, 5) is 6.37. The molecule has 1 saturated heterocycles. The maximum Gasteiger partial charge on any atom is 0.122 e. The normalized spacial score (nSPS) is 25.7. The van der Waals surface area contributed by atoms with Crippen LogP contribution < -0.4 is 0 Å². The molecule has 0 N–H and O–H groups in total. The number of nitrogens with zero attached hydrogens (tertiary/aromatic N) is 2. The average molecular weight is 168 g/mol. The van der Waals surface area contributed by atoms with Crippen LogP contribution in [-0.4, -0.2) is 43.6 Å². The summed E-state index contributed by atoms with van der Waals surface area (Å²) in [6.07, 6.45) is 1.79. The first-order valence-electron chi connectivity index (χ1n) is 4.23. The highest BCUT2D eigenvalue weighted by molar-refractivity contribution is 5.92. The molecule has 0 bridgehead atoms. The van der Waals surface area contributed by atoms with E-state index in [1.807, 2.05) is 0 Å². The molecule has 0 saturated carbocycles. The molecule has 1 heterocycles. The first kappa shape index (κ1) is 9.26. The highest BCUT2D eigenvalue weighted by Gasteiger charge is 2.19. The fraction of sp³-hybridized carbons (Fsp3) is 0.667. The SMILES string of the molecule is C=C/C(=N\C)N1CCOC[C@H]1C. The van der Waals surface area contributed by atoms with Crippen LogP contribution in [-0.2, 0) is 4.74 Å². The lowest BCUT2D eigenvalue weighted by atomic mass is 10.2. The highest BCUT2D eigenvalue weighted by atomic mass is 16.5. The standard InChI is InChI=1S/C9H16N2O/c1-4-9(10-3)11-5-6-12-7-8(11)2/h4,8H,1,5-7H2,2-3H3/b10-9+/t8-/m1/s1. The van der Waals surface area contributed by atoms with Gasteiger partial charge in [0.05, 0.1) is 19.3 Å². The third kappa shape index (κ3) is 1.85. The van der Waals surface area contributed by atoms with Crippen molar-refractivity contribution >= 4 is 5.84 Å². The van der Waals surface area contributed by atoms with Gasteiger partial charge in [-0.2, -0.15) is 0 Å². The molecule has 3 nitrogen and oxygen atoms in total. The molecule has 0 aromatic rings. The van der Waals surface area contributed by atoms with E-state index in [1.54, 1.807) is 13.1 Å². The fourth-order valence-corrected chi connectivity index (χ4v) is 1.40. The number of morpholine rings is 1. The largest absolute Gasteiger partial charge is 0.377 e. The minimum absolute atomic E-state index is 0.412. The number of hydrogen-bond donors (Lipinski definition) is 0. The van der Waals surface area contributed by atoms with E-state index in [2.05, 4.69) is 23.4 Å². The second kappa shape index (κ2) is 4.26. The summed E-state index contributed by atoms with van der Waals surface area (Å²) in [6.45, 7) is 8.35. The summed E-state index contributed by atoms with van der Waals surface area (Å²) < 4.78 is 5.32. The Balaban J connectivity index is 2.64. The van der Waals surface area contributed by atoms with Crippen molar-refractivity contribution in [2.24, 2.45) is 4.99 Å². The Morgan fingerprint density at radius 3 is 3.00 bits per heavy atom. The number of amidine groups is 1. The van der Waals surface area contributed by atoms with Gasteiger partial charge in [-0.05, 0) is 13.0 Å². The van der Waals surface area contributed by atoms with Crippen molar-refractivity contribution in [2.45, 2.75) is 13.0 Å². The predicted molar refractivity (Wildman–Crippen MR) is 50.5 cm³/mol. The molecular weight excluding hydrogens is 152 g/mol. The Bertz CT molecular complexity index is 189. The van der Waals surface area contributed by atoms with Gasteiger partial charge in [0, 0.05) is 13.6 Å². The molecule has 0 radical (unpaired) electrons. The maximum atomic E-state index is 5.32. The van der Waals surface area contributed by atoms with Crippen molar-refractivity contribution in [2.75, 3.05) is 26.8 Å². The van der Waals surface area contributed by atoms with E-state index in [1.165, 1.54) is 0 Å². The number of ether oxygens (including phenoxy) is 1. The van der Waals surface area contributed by atoms with Crippen molar-refractivity contribution in [1.29, 1.82) is 0 Å². The molecule has 0 aromatic carbocycles. The molecule has 68 valence electrons. The van der Waals surface area contributed by atoms with Crippen LogP contribution >= 0.6 is 0 Å². The third-order valence-corrected chi connectivity index (χ3v) is 2.07. The van der Waals surface area contributed by atoms with Crippen molar-refractivity contribution in [3.05, 3.63) is 12.7 Å². The Hall–Kier alpha value is -0.830. The van der Waals surface area contributed by atoms with Gasteiger partial charge in [-0.15, -0.1) is 0 Å². The Morgan fingerprint density at radius 2 is 2.50 bits per heavy atom. The number of hydrogen-bond acceptors (Lipinski definition) is 2. The van der Waals surface area contributed by atoms with E-state index in [0.29, 0.717) is 6.04 Å². The lowest BCUT2D eigenvalue weighted by molar-refractivity contribution is 0.0336. The first-order chi connectivity index (χ1) is 5.79. The molecule has 1 aliphatic heterocycles. The van der Waals surface area contributed by atoms with Gasteiger partial charge in [-0.1, -0.05) is 6.58 Å². The van der Waals surface area contributed by atoms with Crippen LogP contribution in [0.25, 0.3) is 0 Å². The molecule has 1 atom stereocenters. The van der Waals surface area contributed by atoms with E-state index in [9.17, 15) is 0 Å². The van der Waals surface area contributed by atoms with Crippen LogP contribution in [0.2, 0.25) is 0 Å².